The molecule has 1 saturated carbocycles. The number of ether oxygens (including phenoxy) is 1. The van der Waals surface area contributed by atoms with Crippen molar-refractivity contribution >= 4 is 5.91 Å². The van der Waals surface area contributed by atoms with Crippen LogP contribution in [0.25, 0.3) is 0 Å². The Morgan fingerprint density at radius 2 is 1.64 bits per heavy atom. The van der Waals surface area contributed by atoms with Crippen molar-refractivity contribution in [3.63, 3.8) is 0 Å². The van der Waals surface area contributed by atoms with Crippen molar-refractivity contribution in [2.75, 3.05) is 13.7 Å². The average Bonchev–Trinajstić information content (AvgIpc) is 3.48. The molecule has 3 unspecified atom stereocenters. The highest BCUT2D eigenvalue weighted by molar-refractivity contribution is 5.78. The molecule has 3 nitrogen and oxygen atoms in total. The summed E-state index contributed by atoms with van der Waals surface area (Å²) >= 11 is 0. The number of carbonyl (C=O) groups excluding carboxylic acids is 1. The lowest BCUT2D eigenvalue weighted by molar-refractivity contribution is -0.137. The van der Waals surface area contributed by atoms with Gasteiger partial charge >= 0.3 is 0 Å². The Labute approximate surface area is 238 Å². The van der Waals surface area contributed by atoms with Crippen LogP contribution in [0.1, 0.15) is 109 Å². The van der Waals surface area contributed by atoms with E-state index in [4.69, 9.17) is 4.74 Å². The number of rotatable bonds is 9. The zero-order valence-electron chi connectivity index (χ0n) is 25.2. The normalized spacial score (nSPS) is 26.3. The van der Waals surface area contributed by atoms with Crippen LogP contribution in [0.15, 0.2) is 54.6 Å². The minimum absolute atomic E-state index is 0.0858. The Balaban J connectivity index is 1.63. The molecule has 39 heavy (non-hydrogen) atoms. The Hall–Kier alpha value is -2.29. The fraction of sp³-hybridized carbons (Fsp3) is 0.639. The van der Waals surface area contributed by atoms with Crippen molar-refractivity contribution in [3.05, 3.63) is 65.7 Å². The van der Waals surface area contributed by atoms with E-state index in [1.807, 2.05) is 12.1 Å². The number of hydrogen-bond donors (Lipinski definition) is 0. The van der Waals surface area contributed by atoms with Gasteiger partial charge < -0.3 is 9.64 Å². The molecule has 2 aliphatic rings. The van der Waals surface area contributed by atoms with Crippen LogP contribution in [0, 0.1) is 23.7 Å². The summed E-state index contributed by atoms with van der Waals surface area (Å²) in [6.45, 7) is 8.53. The molecule has 214 valence electrons. The molecular formula is C36H53NO2. The maximum Gasteiger partial charge on any atom is 0.225 e. The summed E-state index contributed by atoms with van der Waals surface area (Å²) in [5.74, 6) is 3.30. The van der Waals surface area contributed by atoms with E-state index in [0.717, 1.165) is 31.1 Å². The number of nitrogens with zero attached hydrogens (tertiary/aromatic N) is 1. The third-order valence-corrected chi connectivity index (χ3v) is 10.2. The van der Waals surface area contributed by atoms with Crippen molar-refractivity contribution < 1.29 is 9.53 Å². The molecule has 0 N–H and O–H groups in total. The molecule has 0 spiro atoms. The van der Waals surface area contributed by atoms with Gasteiger partial charge in [-0.25, -0.2) is 0 Å². The summed E-state index contributed by atoms with van der Waals surface area (Å²) in [4.78, 5) is 16.3. The third-order valence-electron chi connectivity index (χ3n) is 10.2. The summed E-state index contributed by atoms with van der Waals surface area (Å²) in [5.41, 5.74) is 2.89. The quantitative estimate of drug-likeness (QED) is 0.323. The van der Waals surface area contributed by atoms with Gasteiger partial charge in [-0.15, -0.1) is 0 Å². The molecule has 3 heteroatoms. The smallest absolute Gasteiger partial charge is 0.225 e. The number of carbonyl (C=O) groups is 1. The summed E-state index contributed by atoms with van der Waals surface area (Å²) in [7, 11) is 1.71. The minimum Gasteiger partial charge on any atom is -0.497 e. The first-order valence-corrected chi connectivity index (χ1v) is 15.9. The summed E-state index contributed by atoms with van der Waals surface area (Å²) in [5, 5.41) is 0. The molecule has 0 aromatic heterocycles. The van der Waals surface area contributed by atoms with Crippen molar-refractivity contribution in [1.29, 1.82) is 0 Å². The molecule has 1 aliphatic heterocycles. The molecule has 4 rings (SSSR count). The maximum absolute atomic E-state index is 14.1. The van der Waals surface area contributed by atoms with E-state index in [2.05, 4.69) is 68.1 Å². The SMILES string of the molecule is CCC(C)C[C@]1(c2ccccc2)CCCC(CC2CCCC2)C(C)C(=O)N(Cc2ccc(OC)cc2)CCC1. The molecular weight excluding hydrogens is 478 g/mol. The molecule has 2 fully saturated rings. The van der Waals surface area contributed by atoms with Crippen LogP contribution in [-0.2, 0) is 16.8 Å². The largest absolute Gasteiger partial charge is 0.497 e. The molecule has 0 bridgehead atoms. The zero-order chi connectivity index (χ0) is 27.7. The Kier molecular flexibility index (Phi) is 10.9. The van der Waals surface area contributed by atoms with Gasteiger partial charge in [0.1, 0.15) is 5.75 Å². The van der Waals surface area contributed by atoms with E-state index < -0.39 is 0 Å². The lowest BCUT2D eigenvalue weighted by Gasteiger charge is -2.38. The fourth-order valence-electron chi connectivity index (χ4n) is 7.60. The number of amides is 1. The lowest BCUT2D eigenvalue weighted by Crippen LogP contribution is -2.38. The van der Waals surface area contributed by atoms with Gasteiger partial charge in [-0.3, -0.25) is 4.79 Å². The van der Waals surface area contributed by atoms with Crippen LogP contribution in [0.3, 0.4) is 0 Å². The van der Waals surface area contributed by atoms with Gasteiger partial charge in [-0.2, -0.15) is 0 Å². The third kappa shape index (κ3) is 7.89. The van der Waals surface area contributed by atoms with Gasteiger partial charge in [-0.1, -0.05) is 102 Å². The van der Waals surface area contributed by atoms with Crippen molar-refractivity contribution in [2.45, 2.75) is 110 Å². The molecule has 0 radical (unpaired) electrons. The Morgan fingerprint density at radius 1 is 0.949 bits per heavy atom. The fourth-order valence-corrected chi connectivity index (χ4v) is 7.60. The maximum atomic E-state index is 14.1. The van der Waals surface area contributed by atoms with Crippen LogP contribution in [0.4, 0.5) is 0 Å². The highest BCUT2D eigenvalue weighted by Gasteiger charge is 2.36. The van der Waals surface area contributed by atoms with Crippen molar-refractivity contribution in [1.82, 2.24) is 4.90 Å². The van der Waals surface area contributed by atoms with E-state index >= 15 is 0 Å². The van der Waals surface area contributed by atoms with Gasteiger partial charge in [0.2, 0.25) is 5.91 Å². The molecule has 1 heterocycles. The predicted octanol–water partition coefficient (Wildman–Crippen LogP) is 9.19. The first kappa shape index (κ1) is 29.7. The van der Waals surface area contributed by atoms with Gasteiger partial charge in [0, 0.05) is 19.0 Å². The minimum atomic E-state index is 0.0858. The molecule has 1 aliphatic carbocycles. The van der Waals surface area contributed by atoms with E-state index in [1.165, 1.54) is 75.3 Å². The van der Waals surface area contributed by atoms with Crippen molar-refractivity contribution in [2.24, 2.45) is 23.7 Å². The van der Waals surface area contributed by atoms with E-state index in [-0.39, 0.29) is 11.3 Å². The van der Waals surface area contributed by atoms with Crippen LogP contribution in [0.5, 0.6) is 5.75 Å². The van der Waals surface area contributed by atoms with Crippen LogP contribution < -0.4 is 4.74 Å². The standard InChI is InChI=1S/C36H53NO2/c1-5-28(2)26-36(33-16-7-6-8-17-33)22-11-15-32(25-30-13-9-10-14-30)29(3)35(38)37(24-12-23-36)27-31-18-20-34(39-4)21-19-31/h6-8,16-21,28-30,32H,5,9-15,22-27H2,1-4H3/t28?,29?,32?,36-/m0/s1. The monoisotopic (exact) mass is 531 g/mol. The molecule has 1 amide bonds. The summed E-state index contributed by atoms with van der Waals surface area (Å²) in [6, 6.07) is 19.6. The second kappa shape index (κ2) is 14.4. The lowest BCUT2D eigenvalue weighted by atomic mass is 9.67. The summed E-state index contributed by atoms with van der Waals surface area (Å²) in [6.07, 6.45) is 15.0. The number of hydrogen-bond acceptors (Lipinski definition) is 2. The van der Waals surface area contributed by atoms with E-state index in [0.29, 0.717) is 24.3 Å². The van der Waals surface area contributed by atoms with E-state index in [1.54, 1.807) is 7.11 Å². The van der Waals surface area contributed by atoms with Gasteiger partial charge in [-0.05, 0) is 85.0 Å². The first-order valence-electron chi connectivity index (χ1n) is 15.9. The highest BCUT2D eigenvalue weighted by Crippen LogP contribution is 2.43. The topological polar surface area (TPSA) is 29.5 Å². The van der Waals surface area contributed by atoms with Crippen molar-refractivity contribution in [3.8, 4) is 5.75 Å². The van der Waals surface area contributed by atoms with Gasteiger partial charge in [0.25, 0.3) is 0 Å². The van der Waals surface area contributed by atoms with Gasteiger partial charge in [0.15, 0.2) is 0 Å². The molecule has 2 aromatic carbocycles. The Morgan fingerprint density at radius 3 is 2.31 bits per heavy atom. The zero-order valence-corrected chi connectivity index (χ0v) is 25.2. The first-order chi connectivity index (χ1) is 18.9. The second-order valence-electron chi connectivity index (χ2n) is 12.9. The Bertz CT molecular complexity index is 996. The van der Waals surface area contributed by atoms with Crippen LogP contribution in [0.2, 0.25) is 0 Å². The molecule has 1 saturated heterocycles. The number of benzene rings is 2. The highest BCUT2D eigenvalue weighted by atomic mass is 16.5. The summed E-state index contributed by atoms with van der Waals surface area (Å²) < 4.78 is 5.38. The second-order valence-corrected chi connectivity index (χ2v) is 12.9. The average molecular weight is 532 g/mol. The predicted molar refractivity (Wildman–Crippen MR) is 163 cm³/mol. The van der Waals surface area contributed by atoms with Crippen LogP contribution >= 0.6 is 0 Å². The molecule has 4 atom stereocenters. The van der Waals surface area contributed by atoms with Crippen LogP contribution in [-0.4, -0.2) is 24.5 Å². The van der Waals surface area contributed by atoms with Gasteiger partial charge in [0.05, 0.1) is 7.11 Å². The number of methoxy groups -OCH3 is 1. The molecule has 2 aromatic rings. The van der Waals surface area contributed by atoms with E-state index in [9.17, 15) is 4.79 Å².